The molecule has 0 radical (unpaired) electrons. The highest BCUT2D eigenvalue weighted by atomic mass is 32.2. The molecule has 0 amide bonds. The van der Waals surface area contributed by atoms with E-state index < -0.39 is 0 Å². The van der Waals surface area contributed by atoms with E-state index in [2.05, 4.69) is 29.0 Å². The minimum atomic E-state index is 0.00187. The molecule has 0 aliphatic heterocycles. The summed E-state index contributed by atoms with van der Waals surface area (Å²) < 4.78 is 10.3. The van der Waals surface area contributed by atoms with Gasteiger partial charge in [-0.3, -0.25) is 0 Å². The quantitative estimate of drug-likeness (QED) is 0.591. The van der Waals surface area contributed by atoms with E-state index in [1.165, 1.54) is 17.3 Å². The van der Waals surface area contributed by atoms with E-state index in [0.717, 1.165) is 6.42 Å². The van der Waals surface area contributed by atoms with Gasteiger partial charge in [0, 0.05) is 5.25 Å². The Kier molecular flexibility index (Phi) is 6.67. The molecule has 1 N–H and O–H groups in total. The highest BCUT2D eigenvalue weighted by Crippen LogP contribution is 2.31. The van der Waals surface area contributed by atoms with Crippen LogP contribution in [0.3, 0.4) is 0 Å². The maximum Gasteiger partial charge on any atom is 0.220 e. The molecule has 1 aromatic heterocycles. The standard InChI is InChI=1S/C17H22N2O3S/c1-12(13-7-5-4-6-8-13)9-14(11-20)23-17-18-15(21-2)10-16(19-17)22-3/h4-8,10,12,14,20H,9,11H2,1-3H3. The van der Waals surface area contributed by atoms with Crippen LogP contribution in [0.2, 0.25) is 0 Å². The molecule has 1 aromatic carbocycles. The summed E-state index contributed by atoms with van der Waals surface area (Å²) in [5.41, 5.74) is 1.26. The normalized spacial score (nSPS) is 13.4. The van der Waals surface area contributed by atoms with Gasteiger partial charge in [-0.1, -0.05) is 49.0 Å². The summed E-state index contributed by atoms with van der Waals surface area (Å²) in [5, 5.41) is 10.2. The first-order chi connectivity index (χ1) is 11.2. The first-order valence-corrected chi connectivity index (χ1v) is 8.33. The number of hydrogen-bond donors (Lipinski definition) is 1. The lowest BCUT2D eigenvalue weighted by Gasteiger charge is -2.18. The Morgan fingerprint density at radius 2 is 1.70 bits per heavy atom. The summed E-state index contributed by atoms with van der Waals surface area (Å²) in [5.74, 6) is 1.24. The molecule has 0 spiro atoms. The van der Waals surface area contributed by atoms with E-state index in [9.17, 15) is 5.11 Å². The van der Waals surface area contributed by atoms with Crippen molar-refractivity contribution in [1.82, 2.24) is 9.97 Å². The Balaban J connectivity index is 2.07. The van der Waals surface area contributed by atoms with Crippen LogP contribution in [0.25, 0.3) is 0 Å². The second kappa shape index (κ2) is 8.74. The topological polar surface area (TPSA) is 64.5 Å². The maximum absolute atomic E-state index is 9.70. The number of methoxy groups -OCH3 is 2. The monoisotopic (exact) mass is 334 g/mol. The Bertz CT molecular complexity index is 588. The maximum atomic E-state index is 9.70. The van der Waals surface area contributed by atoms with Gasteiger partial charge in [-0.05, 0) is 17.9 Å². The van der Waals surface area contributed by atoms with E-state index >= 15 is 0 Å². The number of rotatable bonds is 8. The number of ether oxygens (including phenoxy) is 2. The van der Waals surface area contributed by atoms with Crippen LogP contribution < -0.4 is 9.47 Å². The van der Waals surface area contributed by atoms with Crippen molar-refractivity contribution < 1.29 is 14.6 Å². The van der Waals surface area contributed by atoms with Gasteiger partial charge in [-0.2, -0.15) is 9.97 Å². The molecule has 1 heterocycles. The molecule has 0 aliphatic carbocycles. The minimum absolute atomic E-state index is 0.00187. The Hall–Kier alpha value is -1.79. The number of aliphatic hydroxyl groups is 1. The summed E-state index contributed by atoms with van der Waals surface area (Å²) >= 11 is 1.44. The Labute approximate surface area is 141 Å². The molecule has 6 heteroatoms. The first-order valence-electron chi connectivity index (χ1n) is 7.45. The van der Waals surface area contributed by atoms with Crippen LogP contribution in [0, 0.1) is 0 Å². The average Bonchev–Trinajstić information content (AvgIpc) is 2.61. The van der Waals surface area contributed by atoms with Gasteiger partial charge in [-0.15, -0.1) is 0 Å². The van der Waals surface area contributed by atoms with Crippen LogP contribution in [0.15, 0.2) is 41.6 Å². The molecule has 2 unspecified atom stereocenters. The van der Waals surface area contributed by atoms with Crippen molar-refractivity contribution in [2.75, 3.05) is 20.8 Å². The lowest BCUT2D eigenvalue weighted by atomic mass is 9.96. The second-order valence-corrected chi connectivity index (χ2v) is 6.47. The zero-order valence-corrected chi connectivity index (χ0v) is 14.4. The molecule has 2 atom stereocenters. The van der Waals surface area contributed by atoms with Crippen LogP contribution in [0.5, 0.6) is 11.8 Å². The zero-order chi connectivity index (χ0) is 16.7. The Morgan fingerprint density at radius 3 is 2.22 bits per heavy atom. The van der Waals surface area contributed by atoms with Crippen molar-refractivity contribution in [2.24, 2.45) is 0 Å². The molecule has 5 nitrogen and oxygen atoms in total. The SMILES string of the molecule is COc1cc(OC)nc(SC(CO)CC(C)c2ccccc2)n1. The lowest BCUT2D eigenvalue weighted by Crippen LogP contribution is -2.13. The summed E-state index contributed by atoms with van der Waals surface area (Å²) in [6.07, 6.45) is 0.827. The number of hydrogen-bond acceptors (Lipinski definition) is 6. The van der Waals surface area contributed by atoms with E-state index in [1.807, 2.05) is 18.2 Å². The number of aliphatic hydroxyl groups excluding tert-OH is 1. The zero-order valence-electron chi connectivity index (χ0n) is 13.6. The molecule has 0 fully saturated rings. The van der Waals surface area contributed by atoms with Crippen molar-refractivity contribution in [2.45, 2.75) is 29.7 Å². The molecular weight excluding hydrogens is 312 g/mol. The third-order valence-electron chi connectivity index (χ3n) is 3.54. The molecule has 2 aromatic rings. The molecule has 0 saturated carbocycles. The van der Waals surface area contributed by atoms with Crippen molar-refractivity contribution >= 4 is 11.8 Å². The number of thioether (sulfide) groups is 1. The first kappa shape index (κ1) is 17.6. The fourth-order valence-corrected chi connectivity index (χ4v) is 3.31. The van der Waals surface area contributed by atoms with Crippen molar-refractivity contribution in [1.29, 1.82) is 0 Å². The molecule has 0 aliphatic rings. The van der Waals surface area contributed by atoms with Crippen LogP contribution in [0.1, 0.15) is 24.8 Å². The van der Waals surface area contributed by atoms with E-state index in [4.69, 9.17) is 9.47 Å². The fourth-order valence-electron chi connectivity index (χ4n) is 2.27. The summed E-state index contributed by atoms with van der Waals surface area (Å²) in [4.78, 5) is 8.61. The van der Waals surface area contributed by atoms with Gasteiger partial charge in [0.1, 0.15) is 0 Å². The van der Waals surface area contributed by atoms with E-state index in [0.29, 0.717) is 22.8 Å². The smallest absolute Gasteiger partial charge is 0.220 e. The lowest BCUT2D eigenvalue weighted by molar-refractivity contribution is 0.286. The minimum Gasteiger partial charge on any atom is -0.481 e. The predicted octanol–water partition coefficient (Wildman–Crippen LogP) is 3.14. The molecule has 0 bridgehead atoms. The van der Waals surface area contributed by atoms with Crippen LogP contribution in [0.4, 0.5) is 0 Å². The molecule has 124 valence electrons. The van der Waals surface area contributed by atoms with Crippen molar-refractivity contribution in [3.8, 4) is 11.8 Å². The molecule has 2 rings (SSSR count). The average molecular weight is 334 g/mol. The van der Waals surface area contributed by atoms with E-state index in [1.54, 1.807) is 20.3 Å². The molecule has 23 heavy (non-hydrogen) atoms. The highest BCUT2D eigenvalue weighted by Gasteiger charge is 2.18. The second-order valence-electron chi connectivity index (χ2n) is 5.21. The Morgan fingerprint density at radius 1 is 1.09 bits per heavy atom. The summed E-state index contributed by atoms with van der Waals surface area (Å²) in [6, 6.07) is 11.9. The van der Waals surface area contributed by atoms with Crippen molar-refractivity contribution in [3.63, 3.8) is 0 Å². The van der Waals surface area contributed by atoms with Gasteiger partial charge in [0.2, 0.25) is 11.8 Å². The van der Waals surface area contributed by atoms with Gasteiger partial charge in [0.15, 0.2) is 5.16 Å². The van der Waals surface area contributed by atoms with Crippen molar-refractivity contribution in [3.05, 3.63) is 42.0 Å². The number of aromatic nitrogens is 2. The molecule has 0 saturated heterocycles. The van der Waals surface area contributed by atoms with Gasteiger partial charge < -0.3 is 14.6 Å². The third kappa shape index (κ3) is 5.11. The van der Waals surface area contributed by atoms with Crippen LogP contribution in [-0.2, 0) is 0 Å². The van der Waals surface area contributed by atoms with E-state index in [-0.39, 0.29) is 11.9 Å². The van der Waals surface area contributed by atoms with Crippen LogP contribution >= 0.6 is 11.8 Å². The van der Waals surface area contributed by atoms with Gasteiger partial charge in [0.25, 0.3) is 0 Å². The van der Waals surface area contributed by atoms with Crippen LogP contribution in [-0.4, -0.2) is 41.2 Å². The van der Waals surface area contributed by atoms with Gasteiger partial charge in [-0.25, -0.2) is 0 Å². The predicted molar refractivity (Wildman–Crippen MR) is 91.3 cm³/mol. The number of benzene rings is 1. The number of nitrogens with zero attached hydrogens (tertiary/aromatic N) is 2. The van der Waals surface area contributed by atoms with Gasteiger partial charge in [0.05, 0.1) is 26.9 Å². The highest BCUT2D eigenvalue weighted by molar-refractivity contribution is 7.99. The summed E-state index contributed by atoms with van der Waals surface area (Å²) in [7, 11) is 3.11. The largest absolute Gasteiger partial charge is 0.481 e. The summed E-state index contributed by atoms with van der Waals surface area (Å²) in [6.45, 7) is 2.22. The van der Waals surface area contributed by atoms with Gasteiger partial charge >= 0.3 is 0 Å². The fraction of sp³-hybridized carbons (Fsp3) is 0.412. The molecular formula is C17H22N2O3S. The third-order valence-corrected chi connectivity index (χ3v) is 4.61.